The van der Waals surface area contributed by atoms with Crippen LogP contribution < -0.4 is 14.5 Å². The molecular weight excluding hydrogens is 440 g/mol. The number of rotatable bonds is 9. The van der Waals surface area contributed by atoms with Gasteiger partial charge in [0.05, 0.1) is 24.8 Å². The van der Waals surface area contributed by atoms with Gasteiger partial charge in [-0.05, 0) is 51.1 Å². The standard InChI is InChI=1S/C24H28N4O4S/c1-5-32-23-14-10-9-13-22(23)27(33(4,30)31)17-24(29)26-25-16-20-15-18(2)28(19(20)3)21-11-7-6-8-12-21/h6-16H,5,17H2,1-4H3,(H,26,29)/b25-16-. The van der Waals surface area contributed by atoms with Crippen LogP contribution in [0.15, 0.2) is 65.8 Å². The second-order valence-electron chi connectivity index (χ2n) is 7.46. The molecule has 0 aliphatic rings. The lowest BCUT2D eigenvalue weighted by molar-refractivity contribution is -0.119. The molecule has 1 heterocycles. The maximum absolute atomic E-state index is 12.5. The van der Waals surface area contributed by atoms with Crippen LogP contribution in [0, 0.1) is 13.8 Å². The van der Waals surface area contributed by atoms with E-state index in [4.69, 9.17) is 4.74 Å². The van der Waals surface area contributed by atoms with Crippen LogP contribution in [0.3, 0.4) is 0 Å². The fourth-order valence-corrected chi connectivity index (χ4v) is 4.41. The average molecular weight is 469 g/mol. The molecule has 8 nitrogen and oxygen atoms in total. The van der Waals surface area contributed by atoms with Crippen LogP contribution >= 0.6 is 0 Å². The second kappa shape index (κ2) is 10.4. The summed E-state index contributed by atoms with van der Waals surface area (Å²) in [4.78, 5) is 12.5. The quantitative estimate of drug-likeness (QED) is 0.385. The summed E-state index contributed by atoms with van der Waals surface area (Å²) in [6.45, 7) is 5.71. The van der Waals surface area contributed by atoms with E-state index >= 15 is 0 Å². The lowest BCUT2D eigenvalue weighted by Crippen LogP contribution is -2.39. The van der Waals surface area contributed by atoms with Crippen molar-refractivity contribution in [2.45, 2.75) is 20.8 Å². The number of carbonyl (C=O) groups excluding carboxylic acids is 1. The molecule has 0 bridgehead atoms. The van der Waals surface area contributed by atoms with Gasteiger partial charge >= 0.3 is 0 Å². The van der Waals surface area contributed by atoms with Crippen molar-refractivity contribution in [3.63, 3.8) is 0 Å². The number of ether oxygens (including phenoxy) is 1. The number of benzene rings is 2. The van der Waals surface area contributed by atoms with Crippen LogP contribution in [0.4, 0.5) is 5.69 Å². The Morgan fingerprint density at radius 1 is 1.12 bits per heavy atom. The molecule has 0 saturated heterocycles. The highest BCUT2D eigenvalue weighted by atomic mass is 32.2. The van der Waals surface area contributed by atoms with Gasteiger partial charge in [-0.25, -0.2) is 13.8 Å². The molecule has 0 spiro atoms. The Morgan fingerprint density at radius 2 is 1.79 bits per heavy atom. The maximum atomic E-state index is 12.5. The minimum absolute atomic E-state index is 0.299. The molecule has 1 N–H and O–H groups in total. The predicted octanol–water partition coefficient (Wildman–Crippen LogP) is 3.41. The zero-order valence-electron chi connectivity index (χ0n) is 19.1. The number of nitrogens with one attached hydrogen (secondary N) is 1. The molecule has 0 aliphatic heterocycles. The molecule has 1 aromatic heterocycles. The summed E-state index contributed by atoms with van der Waals surface area (Å²) >= 11 is 0. The van der Waals surface area contributed by atoms with E-state index in [1.807, 2.05) is 50.2 Å². The first-order valence-electron chi connectivity index (χ1n) is 10.5. The first-order valence-corrected chi connectivity index (χ1v) is 12.3. The zero-order chi connectivity index (χ0) is 24.0. The van der Waals surface area contributed by atoms with Gasteiger partial charge in [0.2, 0.25) is 10.0 Å². The number of sulfonamides is 1. The molecule has 1 amide bonds. The van der Waals surface area contributed by atoms with Crippen LogP contribution in [-0.2, 0) is 14.8 Å². The van der Waals surface area contributed by atoms with Gasteiger partial charge in [0.15, 0.2) is 0 Å². The first kappa shape index (κ1) is 24.1. The summed E-state index contributed by atoms with van der Waals surface area (Å²) in [6, 6.07) is 18.6. The highest BCUT2D eigenvalue weighted by Crippen LogP contribution is 2.29. The number of hydrogen-bond donors (Lipinski definition) is 1. The van der Waals surface area contributed by atoms with E-state index in [-0.39, 0.29) is 0 Å². The molecule has 9 heteroatoms. The number of aryl methyl sites for hydroxylation is 1. The Hall–Kier alpha value is -3.59. The van der Waals surface area contributed by atoms with E-state index in [1.54, 1.807) is 37.4 Å². The number of hydrazone groups is 1. The third-order valence-electron chi connectivity index (χ3n) is 5.00. The van der Waals surface area contributed by atoms with Crippen molar-refractivity contribution in [2.24, 2.45) is 5.10 Å². The molecule has 3 rings (SSSR count). The fraction of sp³-hybridized carbons (Fsp3) is 0.250. The van der Waals surface area contributed by atoms with Gasteiger partial charge in [-0.15, -0.1) is 0 Å². The van der Waals surface area contributed by atoms with Crippen LogP contribution in [0.25, 0.3) is 5.69 Å². The molecule has 0 radical (unpaired) electrons. The molecule has 0 fully saturated rings. The van der Waals surface area contributed by atoms with Crippen LogP contribution in [0.1, 0.15) is 23.9 Å². The van der Waals surface area contributed by atoms with E-state index in [2.05, 4.69) is 15.1 Å². The van der Waals surface area contributed by atoms with Gasteiger partial charge in [0, 0.05) is 22.6 Å². The largest absolute Gasteiger partial charge is 0.492 e. The van der Waals surface area contributed by atoms with Gasteiger partial charge in [-0.2, -0.15) is 5.10 Å². The summed E-state index contributed by atoms with van der Waals surface area (Å²) in [5, 5.41) is 4.05. The monoisotopic (exact) mass is 468 g/mol. The Labute approximate surface area is 194 Å². The Bertz CT molecular complexity index is 1250. The van der Waals surface area contributed by atoms with Gasteiger partial charge in [0.25, 0.3) is 5.91 Å². The molecular formula is C24H28N4O4S. The third kappa shape index (κ3) is 5.81. The molecule has 0 aliphatic carbocycles. The molecule has 174 valence electrons. The normalized spacial score (nSPS) is 11.5. The van der Waals surface area contributed by atoms with E-state index < -0.39 is 22.5 Å². The number of amides is 1. The van der Waals surface area contributed by atoms with Crippen molar-refractivity contribution in [3.05, 3.63) is 77.6 Å². The number of para-hydroxylation sites is 3. The summed E-state index contributed by atoms with van der Waals surface area (Å²) in [5.74, 6) is -0.185. The molecule has 2 aromatic carbocycles. The number of anilines is 1. The smallest absolute Gasteiger partial charge is 0.260 e. The highest BCUT2D eigenvalue weighted by molar-refractivity contribution is 7.92. The van der Waals surface area contributed by atoms with Crippen LogP contribution in [0.2, 0.25) is 0 Å². The summed E-state index contributed by atoms with van der Waals surface area (Å²) in [7, 11) is -3.73. The van der Waals surface area contributed by atoms with Gasteiger partial charge in [0.1, 0.15) is 12.3 Å². The van der Waals surface area contributed by atoms with Crippen molar-refractivity contribution in [3.8, 4) is 11.4 Å². The number of nitrogens with zero attached hydrogens (tertiary/aromatic N) is 3. The Morgan fingerprint density at radius 3 is 2.45 bits per heavy atom. The highest BCUT2D eigenvalue weighted by Gasteiger charge is 2.23. The lowest BCUT2D eigenvalue weighted by Gasteiger charge is -2.23. The van der Waals surface area contributed by atoms with Crippen LogP contribution in [-0.4, -0.2) is 44.5 Å². The van der Waals surface area contributed by atoms with Crippen LogP contribution in [0.5, 0.6) is 5.75 Å². The second-order valence-corrected chi connectivity index (χ2v) is 9.37. The number of hydrogen-bond acceptors (Lipinski definition) is 5. The minimum Gasteiger partial charge on any atom is -0.492 e. The van der Waals surface area contributed by atoms with E-state index in [1.165, 1.54) is 0 Å². The summed E-state index contributed by atoms with van der Waals surface area (Å²) < 4.78 is 33.4. The molecule has 0 saturated carbocycles. The number of aromatic nitrogens is 1. The maximum Gasteiger partial charge on any atom is 0.260 e. The molecule has 33 heavy (non-hydrogen) atoms. The van der Waals surface area contributed by atoms with Crippen molar-refractivity contribution in [1.82, 2.24) is 9.99 Å². The van der Waals surface area contributed by atoms with E-state index in [0.29, 0.717) is 18.0 Å². The summed E-state index contributed by atoms with van der Waals surface area (Å²) in [6.07, 6.45) is 2.60. The van der Waals surface area contributed by atoms with Crippen molar-refractivity contribution in [2.75, 3.05) is 23.7 Å². The predicted molar refractivity (Wildman–Crippen MR) is 131 cm³/mol. The van der Waals surface area contributed by atoms with Gasteiger partial charge in [-0.1, -0.05) is 30.3 Å². The minimum atomic E-state index is -3.73. The molecule has 3 aromatic rings. The number of carbonyl (C=O) groups is 1. The topological polar surface area (TPSA) is 93.0 Å². The zero-order valence-corrected chi connectivity index (χ0v) is 20.0. The molecule has 0 unspecified atom stereocenters. The van der Waals surface area contributed by atoms with Gasteiger partial charge < -0.3 is 9.30 Å². The van der Waals surface area contributed by atoms with Gasteiger partial charge in [-0.3, -0.25) is 9.10 Å². The third-order valence-corrected chi connectivity index (χ3v) is 6.13. The fourth-order valence-electron chi connectivity index (χ4n) is 3.55. The Kier molecular flexibility index (Phi) is 7.55. The van der Waals surface area contributed by atoms with Crippen molar-refractivity contribution in [1.29, 1.82) is 0 Å². The van der Waals surface area contributed by atoms with Crippen molar-refractivity contribution >= 4 is 27.8 Å². The molecule has 0 atom stereocenters. The summed E-state index contributed by atoms with van der Waals surface area (Å²) in [5.41, 5.74) is 6.61. The first-order chi connectivity index (χ1) is 15.7. The SMILES string of the molecule is CCOc1ccccc1N(CC(=O)N/N=C\c1cc(C)n(-c2ccccc2)c1C)S(C)(=O)=O. The lowest BCUT2D eigenvalue weighted by atomic mass is 10.2. The van der Waals surface area contributed by atoms with E-state index in [9.17, 15) is 13.2 Å². The Balaban J connectivity index is 1.75. The van der Waals surface area contributed by atoms with E-state index in [0.717, 1.165) is 33.2 Å². The van der Waals surface area contributed by atoms with Crippen molar-refractivity contribution < 1.29 is 17.9 Å². The average Bonchev–Trinajstić information content (AvgIpc) is 3.05.